The van der Waals surface area contributed by atoms with E-state index < -0.39 is 0 Å². The van der Waals surface area contributed by atoms with Crippen LogP contribution in [0.4, 0.5) is 0 Å². The van der Waals surface area contributed by atoms with Crippen LogP contribution in [0.3, 0.4) is 0 Å². The first-order valence-electron chi connectivity index (χ1n) is 3.25. The van der Waals surface area contributed by atoms with E-state index in [0.29, 0.717) is 6.61 Å². The molecule has 0 amide bonds. The molecule has 0 aromatic carbocycles. The van der Waals surface area contributed by atoms with Gasteiger partial charge in [0.2, 0.25) is 0 Å². The van der Waals surface area contributed by atoms with E-state index in [0.717, 1.165) is 6.42 Å². The summed E-state index contributed by atoms with van der Waals surface area (Å²) in [6.45, 7) is 8.26. The average molecular weight is 136 g/mol. The summed E-state index contributed by atoms with van der Waals surface area (Å²) in [6.07, 6.45) is 1.00. The minimum atomic E-state index is -0.373. The zero-order valence-corrected chi connectivity index (χ0v) is 7.02. The van der Waals surface area contributed by atoms with Gasteiger partial charge in [-0.2, -0.15) is 6.42 Å². The van der Waals surface area contributed by atoms with Crippen LogP contribution in [-0.4, -0.2) is 18.5 Å². The van der Waals surface area contributed by atoms with E-state index in [2.05, 4.69) is 6.92 Å². The first kappa shape index (κ1) is 10.5. The van der Waals surface area contributed by atoms with E-state index in [1.165, 1.54) is 0 Å². The summed E-state index contributed by atoms with van der Waals surface area (Å²) in [4.78, 5) is 0. The van der Waals surface area contributed by atoms with Gasteiger partial charge in [-0.1, -0.05) is 0 Å². The molecule has 10 heavy (non-hydrogen) atoms. The first-order valence-corrected chi connectivity index (χ1v) is 3.25. The van der Waals surface area contributed by atoms with Crippen LogP contribution in [0, 0.1) is 6.92 Å². The summed E-state index contributed by atoms with van der Waals surface area (Å²) < 4.78 is 10.7. The smallest absolute Gasteiger partial charge is 0.348 e. The quantitative estimate of drug-likeness (QED) is 0.318. The van der Waals surface area contributed by atoms with Crippen LogP contribution in [0.25, 0.3) is 0 Å². The minimum Gasteiger partial charge on any atom is -0.348 e. The maximum absolute atomic E-state index is 5.41. The third kappa shape index (κ3) is 2.63. The summed E-state index contributed by atoms with van der Waals surface area (Å²) in [5.41, 5.74) is 0. The molecular weight excluding hydrogens is 123 g/mol. The fourth-order valence-electron chi connectivity index (χ4n) is 0.905. The van der Waals surface area contributed by atoms with E-state index >= 15 is 0 Å². The fraction of sp³-hybridized carbons (Fsp3) is 0.857. The van der Waals surface area contributed by atoms with Crippen molar-refractivity contribution in [3.05, 3.63) is 6.92 Å². The van der Waals surface area contributed by atoms with Crippen molar-refractivity contribution in [2.24, 2.45) is 0 Å². The fourth-order valence-corrected chi connectivity index (χ4v) is 0.905. The molecular formula is C7H13LiO2. The van der Waals surface area contributed by atoms with Crippen LogP contribution in [-0.2, 0) is 9.47 Å². The molecule has 0 N–H and O–H groups in total. The van der Waals surface area contributed by atoms with Gasteiger partial charge >= 0.3 is 18.9 Å². The monoisotopic (exact) mass is 136 g/mol. The van der Waals surface area contributed by atoms with Crippen LogP contribution in [0.2, 0.25) is 0 Å². The molecule has 1 heterocycles. The Bertz CT molecular complexity index is 104. The summed E-state index contributed by atoms with van der Waals surface area (Å²) in [6, 6.07) is 0. The predicted octanol–water partition coefficient (Wildman–Crippen LogP) is -1.63. The molecule has 0 saturated carbocycles. The summed E-state index contributed by atoms with van der Waals surface area (Å²) >= 11 is 0. The molecule has 1 saturated heterocycles. The Morgan fingerprint density at radius 3 is 2.40 bits per heavy atom. The largest absolute Gasteiger partial charge is 1.00 e. The Kier molecular flexibility index (Phi) is 3.97. The Morgan fingerprint density at radius 2 is 2.20 bits per heavy atom. The molecule has 1 unspecified atom stereocenters. The van der Waals surface area contributed by atoms with Crippen LogP contribution in [0.1, 0.15) is 20.3 Å². The second kappa shape index (κ2) is 3.78. The van der Waals surface area contributed by atoms with E-state index in [-0.39, 0.29) is 30.8 Å². The number of hydrogen-bond donors (Lipinski definition) is 0. The molecule has 0 radical (unpaired) electrons. The van der Waals surface area contributed by atoms with Gasteiger partial charge in [-0.3, -0.25) is 0 Å². The van der Waals surface area contributed by atoms with Crippen molar-refractivity contribution in [2.45, 2.75) is 32.2 Å². The molecule has 54 valence electrons. The second-order valence-electron chi connectivity index (χ2n) is 2.74. The second-order valence-corrected chi connectivity index (χ2v) is 2.74. The zero-order chi connectivity index (χ0) is 6.91. The number of ether oxygens (including phenoxy) is 2. The van der Waals surface area contributed by atoms with Gasteiger partial charge in [-0.05, 0) is 13.8 Å². The van der Waals surface area contributed by atoms with E-state index in [1.54, 1.807) is 0 Å². The molecule has 1 aliphatic rings. The zero-order valence-electron chi connectivity index (χ0n) is 7.02. The van der Waals surface area contributed by atoms with Crippen molar-refractivity contribution in [2.75, 3.05) is 6.61 Å². The number of hydrogen-bond acceptors (Lipinski definition) is 2. The van der Waals surface area contributed by atoms with Crippen LogP contribution in [0.15, 0.2) is 0 Å². The van der Waals surface area contributed by atoms with Gasteiger partial charge in [0, 0.05) is 0 Å². The Morgan fingerprint density at radius 1 is 1.60 bits per heavy atom. The Labute approximate surface area is 74.4 Å². The molecule has 2 nitrogen and oxygen atoms in total. The van der Waals surface area contributed by atoms with Gasteiger partial charge in [0.1, 0.15) is 0 Å². The minimum absolute atomic E-state index is 0. The van der Waals surface area contributed by atoms with E-state index in [4.69, 9.17) is 9.47 Å². The maximum Gasteiger partial charge on any atom is 1.00 e. The van der Waals surface area contributed by atoms with Crippen molar-refractivity contribution < 1.29 is 28.3 Å². The van der Waals surface area contributed by atoms with Gasteiger partial charge in [-0.15, -0.1) is 0 Å². The Balaban J connectivity index is 0.000000810. The van der Waals surface area contributed by atoms with Crippen molar-refractivity contribution in [3.8, 4) is 0 Å². The Hall–Kier alpha value is 0.517. The summed E-state index contributed by atoms with van der Waals surface area (Å²) in [5, 5.41) is 0. The van der Waals surface area contributed by atoms with Crippen molar-refractivity contribution in [1.29, 1.82) is 0 Å². The molecule has 0 bridgehead atoms. The third-order valence-corrected chi connectivity index (χ3v) is 1.39. The molecule has 0 spiro atoms. The van der Waals surface area contributed by atoms with Crippen molar-refractivity contribution in [3.63, 3.8) is 0 Å². The topological polar surface area (TPSA) is 18.5 Å². The van der Waals surface area contributed by atoms with Crippen LogP contribution in [0.5, 0.6) is 0 Å². The average Bonchev–Trinajstić information content (AvgIpc) is 2.10. The SMILES string of the molecule is [CH2-]CC1COC(C)(C)O1.[Li+]. The first-order chi connectivity index (χ1) is 4.14. The normalized spacial score (nSPS) is 29.7. The van der Waals surface area contributed by atoms with Crippen LogP contribution >= 0.6 is 0 Å². The summed E-state index contributed by atoms with van der Waals surface area (Å²) in [5.74, 6) is -0.373. The molecule has 1 aliphatic heterocycles. The molecule has 0 aromatic heterocycles. The molecule has 3 heteroatoms. The van der Waals surface area contributed by atoms with Crippen molar-refractivity contribution in [1.82, 2.24) is 0 Å². The van der Waals surface area contributed by atoms with Gasteiger partial charge in [0.05, 0.1) is 12.7 Å². The van der Waals surface area contributed by atoms with Gasteiger partial charge in [-0.25, -0.2) is 0 Å². The molecule has 0 aliphatic carbocycles. The standard InChI is InChI=1S/C7H13O2.Li/c1-4-6-5-8-7(2,3)9-6;/h6H,1,4-5H2,2-3H3;/q-1;+1. The van der Waals surface area contributed by atoms with Gasteiger partial charge < -0.3 is 16.4 Å². The molecule has 1 atom stereocenters. The maximum atomic E-state index is 5.41. The molecule has 1 fully saturated rings. The van der Waals surface area contributed by atoms with E-state index in [9.17, 15) is 0 Å². The molecule has 0 aromatic rings. The molecule has 1 rings (SSSR count). The van der Waals surface area contributed by atoms with Crippen molar-refractivity contribution >= 4 is 0 Å². The number of rotatable bonds is 1. The van der Waals surface area contributed by atoms with Gasteiger partial charge in [0.15, 0.2) is 5.79 Å². The third-order valence-electron chi connectivity index (χ3n) is 1.39. The van der Waals surface area contributed by atoms with E-state index in [1.807, 2.05) is 13.8 Å². The van der Waals surface area contributed by atoms with Crippen LogP contribution < -0.4 is 18.9 Å². The van der Waals surface area contributed by atoms with Gasteiger partial charge in [0.25, 0.3) is 0 Å². The predicted molar refractivity (Wildman–Crippen MR) is 34.9 cm³/mol. The summed E-state index contributed by atoms with van der Waals surface area (Å²) in [7, 11) is 0.